The highest BCUT2D eigenvalue weighted by Gasteiger charge is 2.30. The van der Waals surface area contributed by atoms with E-state index in [1.54, 1.807) is 0 Å². The van der Waals surface area contributed by atoms with Crippen molar-refractivity contribution in [3.05, 3.63) is 11.1 Å². The van der Waals surface area contributed by atoms with E-state index in [-0.39, 0.29) is 0 Å². The van der Waals surface area contributed by atoms with E-state index in [9.17, 15) is 0 Å². The molecule has 1 fully saturated rings. The van der Waals surface area contributed by atoms with Crippen molar-refractivity contribution in [1.82, 2.24) is 0 Å². The minimum Gasteiger partial charge on any atom is -0.0704 e. The van der Waals surface area contributed by atoms with Gasteiger partial charge in [-0.05, 0) is 37.5 Å². The molecule has 0 spiro atoms. The monoisotopic (exact) mass is 264 g/mol. The molecule has 3 aliphatic rings. The second-order valence-electron chi connectivity index (χ2n) is 6.78. The molecule has 19 heavy (non-hydrogen) atoms. The number of hydrogen-bond donors (Lipinski definition) is 0. The van der Waals surface area contributed by atoms with E-state index in [4.69, 9.17) is 0 Å². The molecule has 0 saturated heterocycles. The van der Waals surface area contributed by atoms with E-state index < -0.39 is 0 Å². The van der Waals surface area contributed by atoms with Crippen molar-refractivity contribution in [3.63, 3.8) is 0 Å². The molecule has 1 saturated carbocycles. The Kier molecular flexibility index (Phi) is 8.50. The van der Waals surface area contributed by atoms with Crippen LogP contribution >= 0.6 is 0 Å². The Morgan fingerprint density at radius 1 is 0.789 bits per heavy atom. The van der Waals surface area contributed by atoms with Crippen LogP contribution in [0.4, 0.5) is 0 Å². The number of hydrogen-bond acceptors (Lipinski definition) is 0. The van der Waals surface area contributed by atoms with Crippen molar-refractivity contribution in [2.45, 2.75) is 98.3 Å². The smallest absolute Gasteiger partial charge is 0.0200 e. The number of rotatable bonds is 0. The second-order valence-corrected chi connectivity index (χ2v) is 6.78. The topological polar surface area (TPSA) is 0 Å². The van der Waals surface area contributed by atoms with Crippen LogP contribution in [0.1, 0.15) is 98.3 Å². The summed E-state index contributed by atoms with van der Waals surface area (Å²) < 4.78 is 0. The third kappa shape index (κ3) is 5.71. The molecule has 0 aromatic rings. The van der Waals surface area contributed by atoms with Crippen LogP contribution in [0.3, 0.4) is 0 Å². The molecule has 0 bridgehead atoms. The van der Waals surface area contributed by atoms with Gasteiger partial charge in [0.15, 0.2) is 0 Å². The minimum atomic E-state index is 0.914. The van der Waals surface area contributed by atoms with Gasteiger partial charge in [-0.25, -0.2) is 0 Å². The predicted molar refractivity (Wildman–Crippen MR) is 87.5 cm³/mol. The van der Waals surface area contributed by atoms with E-state index in [2.05, 4.69) is 27.7 Å². The van der Waals surface area contributed by atoms with Gasteiger partial charge in [0.05, 0.1) is 0 Å². The van der Waals surface area contributed by atoms with Crippen LogP contribution in [0.15, 0.2) is 11.1 Å². The molecule has 0 nitrogen and oxygen atoms in total. The maximum atomic E-state index is 2.40. The normalized spacial score (nSPS) is 29.1. The Morgan fingerprint density at radius 3 is 1.68 bits per heavy atom. The van der Waals surface area contributed by atoms with Gasteiger partial charge in [0.2, 0.25) is 0 Å². The summed E-state index contributed by atoms with van der Waals surface area (Å²) in [6.45, 7) is 9.04. The van der Waals surface area contributed by atoms with Gasteiger partial charge >= 0.3 is 0 Å². The van der Waals surface area contributed by atoms with E-state index >= 15 is 0 Å². The first-order valence-electron chi connectivity index (χ1n) is 8.91. The van der Waals surface area contributed by atoms with Crippen LogP contribution in [-0.2, 0) is 0 Å². The van der Waals surface area contributed by atoms with Crippen molar-refractivity contribution in [2.24, 2.45) is 11.8 Å². The van der Waals surface area contributed by atoms with Crippen LogP contribution in [0.25, 0.3) is 0 Å². The van der Waals surface area contributed by atoms with Gasteiger partial charge in [0.1, 0.15) is 0 Å². The van der Waals surface area contributed by atoms with E-state index in [1.165, 1.54) is 70.6 Å². The first-order chi connectivity index (χ1) is 9.20. The molecule has 0 heteroatoms. The predicted octanol–water partition coefficient (Wildman–Crippen LogP) is 6.90. The third-order valence-electron chi connectivity index (χ3n) is 4.85. The Hall–Kier alpha value is -0.260. The van der Waals surface area contributed by atoms with E-state index in [0.717, 1.165) is 11.8 Å². The number of allylic oxidation sites excluding steroid dienone is 2. The average molecular weight is 264 g/mol. The third-order valence-corrected chi connectivity index (χ3v) is 4.85. The largest absolute Gasteiger partial charge is 0.0704 e. The lowest BCUT2D eigenvalue weighted by Crippen LogP contribution is -2.02. The Balaban J connectivity index is 0.000000172. The first kappa shape index (κ1) is 16.8. The summed E-state index contributed by atoms with van der Waals surface area (Å²) in [7, 11) is 0. The Bertz CT molecular complexity index is 246. The van der Waals surface area contributed by atoms with Crippen LogP contribution in [-0.4, -0.2) is 0 Å². The zero-order chi connectivity index (χ0) is 14.1. The molecule has 3 rings (SSSR count). The highest BCUT2D eigenvalue weighted by atomic mass is 14.4. The zero-order valence-electron chi connectivity index (χ0n) is 13.9. The summed E-state index contributed by atoms with van der Waals surface area (Å²) in [5.74, 6) is 1.86. The molecule has 0 radical (unpaired) electrons. The molecular formula is C19H36. The van der Waals surface area contributed by atoms with Crippen LogP contribution in [0.2, 0.25) is 0 Å². The molecule has 112 valence electrons. The lowest BCUT2D eigenvalue weighted by atomic mass is 9.93. The molecule has 3 aliphatic carbocycles. The molecule has 0 aliphatic heterocycles. The van der Waals surface area contributed by atoms with Crippen LogP contribution in [0, 0.1) is 11.8 Å². The fourth-order valence-corrected chi connectivity index (χ4v) is 3.58. The molecule has 2 atom stereocenters. The summed E-state index contributed by atoms with van der Waals surface area (Å²) >= 11 is 0. The molecule has 0 aromatic carbocycles. The minimum absolute atomic E-state index is 0.914. The first-order valence-corrected chi connectivity index (χ1v) is 8.91. The quantitative estimate of drug-likeness (QED) is 0.417. The van der Waals surface area contributed by atoms with E-state index in [1.807, 2.05) is 11.1 Å². The second kappa shape index (κ2) is 9.61. The highest BCUT2D eigenvalue weighted by Crippen LogP contribution is 2.45. The highest BCUT2D eigenvalue weighted by molar-refractivity contribution is 5.27. The maximum absolute atomic E-state index is 2.40. The van der Waals surface area contributed by atoms with Gasteiger partial charge in [0, 0.05) is 0 Å². The zero-order valence-corrected chi connectivity index (χ0v) is 13.9. The molecular weight excluding hydrogens is 228 g/mol. The molecule has 0 aromatic heterocycles. The van der Waals surface area contributed by atoms with Gasteiger partial charge < -0.3 is 0 Å². The molecule has 0 N–H and O–H groups in total. The Morgan fingerprint density at radius 2 is 1.26 bits per heavy atom. The lowest BCUT2D eigenvalue weighted by Gasteiger charge is -2.12. The maximum Gasteiger partial charge on any atom is -0.0200 e. The average Bonchev–Trinajstić information content (AvgIpc) is 2.98. The van der Waals surface area contributed by atoms with Gasteiger partial charge in [-0.1, -0.05) is 83.8 Å². The van der Waals surface area contributed by atoms with Crippen molar-refractivity contribution >= 4 is 0 Å². The van der Waals surface area contributed by atoms with E-state index in [0.29, 0.717) is 0 Å². The van der Waals surface area contributed by atoms with Gasteiger partial charge in [-0.2, -0.15) is 0 Å². The lowest BCUT2D eigenvalue weighted by molar-refractivity contribution is 0.460. The van der Waals surface area contributed by atoms with Gasteiger partial charge in [0.25, 0.3) is 0 Å². The fraction of sp³-hybridized carbons (Fsp3) is 0.895. The van der Waals surface area contributed by atoms with Gasteiger partial charge in [-0.3, -0.25) is 0 Å². The van der Waals surface area contributed by atoms with Crippen LogP contribution < -0.4 is 0 Å². The van der Waals surface area contributed by atoms with Gasteiger partial charge in [-0.15, -0.1) is 0 Å². The standard InChI is InChI=1S/C10H16.C6H12.C3H8/c1-7-6-9-4-3-5-10(9)8(7)2;1-2-4-6-5-3-1;1-3-2/h7-8H,3-6H2,1-2H3;1-6H2;3H2,1-2H3/t7-,8-;;/m0../s1. The molecule has 0 amide bonds. The Labute approximate surface area is 122 Å². The SMILES string of the molecule is C1CCCCC1.CCC.C[C@@H]1C2=C(CCC2)C[C@@H]1C. The molecule has 0 heterocycles. The van der Waals surface area contributed by atoms with Crippen molar-refractivity contribution in [1.29, 1.82) is 0 Å². The summed E-state index contributed by atoms with van der Waals surface area (Å²) in [6, 6.07) is 0. The summed E-state index contributed by atoms with van der Waals surface area (Å²) in [5, 5.41) is 0. The summed E-state index contributed by atoms with van der Waals surface area (Å²) in [6.07, 6.45) is 15.9. The fourth-order valence-electron chi connectivity index (χ4n) is 3.58. The van der Waals surface area contributed by atoms with Crippen molar-refractivity contribution in [2.75, 3.05) is 0 Å². The molecule has 0 unspecified atom stereocenters. The summed E-state index contributed by atoms with van der Waals surface area (Å²) in [5.41, 5.74) is 3.65. The van der Waals surface area contributed by atoms with Crippen LogP contribution in [0.5, 0.6) is 0 Å². The van der Waals surface area contributed by atoms with Crippen molar-refractivity contribution < 1.29 is 0 Å². The summed E-state index contributed by atoms with van der Waals surface area (Å²) in [4.78, 5) is 0. The van der Waals surface area contributed by atoms with Crippen molar-refractivity contribution in [3.8, 4) is 0 Å².